The van der Waals surface area contributed by atoms with E-state index >= 15 is 0 Å². The number of ether oxygens (including phenoxy) is 1. The highest BCUT2D eigenvalue weighted by Crippen LogP contribution is 2.29. The fourth-order valence-corrected chi connectivity index (χ4v) is 3.67. The number of ketones is 1. The molecule has 4 rings (SSSR count). The molecule has 1 fully saturated rings. The number of amides is 3. The summed E-state index contributed by atoms with van der Waals surface area (Å²) in [5, 5.41) is 15.5. The SMILES string of the molecule is COc1ccc2c(c1)C(=O)N(CC1(C#CC3CN=C(N)C=CC3=O)NC(=O)NC1O)C2. The van der Waals surface area contributed by atoms with Crippen LogP contribution in [0.3, 0.4) is 0 Å². The maximum absolute atomic E-state index is 12.9. The van der Waals surface area contributed by atoms with Gasteiger partial charge in [0.2, 0.25) is 0 Å². The number of methoxy groups -OCH3 is 1. The van der Waals surface area contributed by atoms with Gasteiger partial charge in [0, 0.05) is 12.1 Å². The van der Waals surface area contributed by atoms with E-state index < -0.39 is 23.7 Å². The zero-order valence-corrected chi connectivity index (χ0v) is 16.7. The van der Waals surface area contributed by atoms with E-state index in [-0.39, 0.29) is 37.2 Å². The van der Waals surface area contributed by atoms with Crippen LogP contribution in [0, 0.1) is 17.8 Å². The highest BCUT2D eigenvalue weighted by atomic mass is 16.5. The lowest BCUT2D eigenvalue weighted by molar-refractivity contribution is -0.116. The molecule has 3 aliphatic rings. The molecule has 3 heterocycles. The van der Waals surface area contributed by atoms with E-state index in [9.17, 15) is 19.5 Å². The molecule has 10 nitrogen and oxygen atoms in total. The van der Waals surface area contributed by atoms with E-state index in [0.717, 1.165) is 5.56 Å². The Morgan fingerprint density at radius 1 is 1.35 bits per heavy atom. The highest BCUT2D eigenvalue weighted by Gasteiger charge is 2.48. The molecule has 3 unspecified atom stereocenters. The van der Waals surface area contributed by atoms with Gasteiger partial charge in [0.15, 0.2) is 17.6 Å². The fraction of sp³-hybridized carbons (Fsp3) is 0.333. The number of aliphatic imine (C=N–C) groups is 1. The Hall–Kier alpha value is -3.84. The van der Waals surface area contributed by atoms with E-state index in [4.69, 9.17) is 10.5 Å². The van der Waals surface area contributed by atoms with Crippen molar-refractivity contribution in [2.75, 3.05) is 20.2 Å². The molecule has 1 aromatic rings. The van der Waals surface area contributed by atoms with Crippen molar-refractivity contribution in [2.45, 2.75) is 18.3 Å². The van der Waals surface area contributed by atoms with Crippen molar-refractivity contribution in [3.63, 3.8) is 0 Å². The van der Waals surface area contributed by atoms with Crippen molar-refractivity contribution in [2.24, 2.45) is 16.6 Å². The Bertz CT molecular complexity index is 1090. The van der Waals surface area contributed by atoms with Gasteiger partial charge in [-0.15, -0.1) is 0 Å². The summed E-state index contributed by atoms with van der Waals surface area (Å²) in [6, 6.07) is 4.58. The van der Waals surface area contributed by atoms with Crippen molar-refractivity contribution >= 4 is 23.6 Å². The van der Waals surface area contributed by atoms with Crippen molar-refractivity contribution in [1.29, 1.82) is 0 Å². The average Bonchev–Trinajstić information content (AvgIpc) is 3.13. The first-order chi connectivity index (χ1) is 14.8. The fourth-order valence-electron chi connectivity index (χ4n) is 3.67. The number of amidine groups is 1. The highest BCUT2D eigenvalue weighted by molar-refractivity contribution is 6.03. The molecule has 160 valence electrons. The quantitative estimate of drug-likeness (QED) is 0.465. The van der Waals surface area contributed by atoms with Crippen LogP contribution in [-0.2, 0) is 11.3 Å². The topological polar surface area (TPSA) is 146 Å². The lowest BCUT2D eigenvalue weighted by Crippen LogP contribution is -2.56. The number of benzene rings is 1. The number of allylic oxidation sites excluding steroid dienone is 1. The van der Waals surface area contributed by atoms with Gasteiger partial charge in [-0.1, -0.05) is 17.9 Å². The lowest BCUT2D eigenvalue weighted by Gasteiger charge is -2.30. The van der Waals surface area contributed by atoms with Crippen LogP contribution in [-0.4, -0.2) is 65.5 Å². The Labute approximate surface area is 178 Å². The van der Waals surface area contributed by atoms with Crippen LogP contribution in [0.4, 0.5) is 4.79 Å². The number of nitrogens with two attached hydrogens (primary N) is 1. The van der Waals surface area contributed by atoms with E-state index in [1.54, 1.807) is 18.2 Å². The number of nitrogens with one attached hydrogen (secondary N) is 2. The third-order valence-electron chi connectivity index (χ3n) is 5.40. The van der Waals surface area contributed by atoms with Gasteiger partial charge in [0.05, 0.1) is 20.2 Å². The first-order valence-corrected chi connectivity index (χ1v) is 9.59. The predicted octanol–water partition coefficient (Wildman–Crippen LogP) is -0.863. The monoisotopic (exact) mass is 423 g/mol. The van der Waals surface area contributed by atoms with Crippen LogP contribution in [0.25, 0.3) is 0 Å². The van der Waals surface area contributed by atoms with Gasteiger partial charge < -0.3 is 31.1 Å². The Morgan fingerprint density at radius 3 is 2.87 bits per heavy atom. The maximum Gasteiger partial charge on any atom is 0.318 e. The molecule has 3 atom stereocenters. The summed E-state index contributed by atoms with van der Waals surface area (Å²) in [5.41, 5.74) is 5.43. The second-order valence-electron chi connectivity index (χ2n) is 7.48. The first-order valence-electron chi connectivity index (χ1n) is 9.59. The average molecular weight is 423 g/mol. The molecule has 3 amide bonds. The Morgan fingerprint density at radius 2 is 2.16 bits per heavy atom. The van der Waals surface area contributed by atoms with Crippen molar-refractivity contribution in [3.05, 3.63) is 41.5 Å². The molecule has 5 N–H and O–H groups in total. The summed E-state index contributed by atoms with van der Waals surface area (Å²) in [6.07, 6.45) is 1.32. The molecule has 0 saturated carbocycles. The number of nitrogens with zero attached hydrogens (tertiary/aromatic N) is 2. The second-order valence-corrected chi connectivity index (χ2v) is 7.48. The molecule has 0 bridgehead atoms. The normalized spacial score (nSPS) is 27.0. The molecule has 0 aliphatic carbocycles. The predicted molar refractivity (Wildman–Crippen MR) is 110 cm³/mol. The van der Waals surface area contributed by atoms with E-state index in [2.05, 4.69) is 27.5 Å². The number of rotatable bonds is 3. The number of carbonyl (C=O) groups is 3. The number of hydrogen-bond acceptors (Lipinski definition) is 7. The van der Waals surface area contributed by atoms with Gasteiger partial charge in [0.25, 0.3) is 5.91 Å². The van der Waals surface area contributed by atoms with Gasteiger partial charge in [-0.05, 0) is 29.8 Å². The van der Waals surface area contributed by atoms with Gasteiger partial charge in [-0.25, -0.2) is 4.79 Å². The van der Waals surface area contributed by atoms with Crippen LogP contribution in [0.5, 0.6) is 5.75 Å². The number of fused-ring (bicyclic) bond motifs is 1. The standard InChI is InChI=1S/C21H21N5O5/c1-31-14-3-2-13-10-26(18(28)15(13)8-14)11-21(19(29)24-20(30)25-21)7-6-12-9-23-17(22)5-4-16(12)27/h2-5,8,12,19,29H,9-11H2,1H3,(H2,22,23)(H2,24,25,30). The van der Waals surface area contributed by atoms with Crippen molar-refractivity contribution < 1.29 is 24.2 Å². The summed E-state index contributed by atoms with van der Waals surface area (Å²) >= 11 is 0. The molecule has 3 aliphatic heterocycles. The summed E-state index contributed by atoms with van der Waals surface area (Å²) in [6.45, 7) is 0.264. The van der Waals surface area contributed by atoms with Crippen LogP contribution in [0.1, 0.15) is 15.9 Å². The summed E-state index contributed by atoms with van der Waals surface area (Å²) < 4.78 is 5.18. The molecule has 0 radical (unpaired) electrons. The minimum Gasteiger partial charge on any atom is -0.497 e. The zero-order valence-electron chi connectivity index (χ0n) is 16.7. The molecule has 10 heteroatoms. The molecule has 0 spiro atoms. The third-order valence-corrected chi connectivity index (χ3v) is 5.40. The molecular formula is C21H21N5O5. The first kappa shape index (κ1) is 20.4. The van der Waals surface area contributed by atoms with E-state index in [0.29, 0.717) is 11.3 Å². The molecule has 0 aromatic heterocycles. The Kier molecular flexibility index (Phi) is 5.12. The number of aliphatic hydroxyl groups is 1. The lowest BCUT2D eigenvalue weighted by atomic mass is 9.96. The largest absolute Gasteiger partial charge is 0.497 e. The van der Waals surface area contributed by atoms with E-state index in [1.165, 1.54) is 24.2 Å². The van der Waals surface area contributed by atoms with Crippen molar-refractivity contribution in [3.8, 4) is 17.6 Å². The smallest absolute Gasteiger partial charge is 0.318 e. The zero-order chi connectivity index (χ0) is 22.2. The van der Waals surface area contributed by atoms with Crippen LogP contribution in [0.2, 0.25) is 0 Å². The molecule has 1 saturated heterocycles. The second kappa shape index (κ2) is 7.77. The van der Waals surface area contributed by atoms with Gasteiger partial charge in [0.1, 0.15) is 17.5 Å². The van der Waals surface area contributed by atoms with Crippen LogP contribution >= 0.6 is 0 Å². The number of carbonyl (C=O) groups excluding carboxylic acids is 3. The van der Waals surface area contributed by atoms with Crippen LogP contribution in [0.15, 0.2) is 35.3 Å². The van der Waals surface area contributed by atoms with E-state index in [1.807, 2.05) is 0 Å². The number of hydrogen-bond donors (Lipinski definition) is 4. The minimum atomic E-state index is -1.50. The molecule has 31 heavy (non-hydrogen) atoms. The van der Waals surface area contributed by atoms with Crippen molar-refractivity contribution in [1.82, 2.24) is 15.5 Å². The van der Waals surface area contributed by atoms with Gasteiger partial charge in [-0.3, -0.25) is 14.6 Å². The summed E-state index contributed by atoms with van der Waals surface area (Å²) in [7, 11) is 1.52. The third kappa shape index (κ3) is 3.83. The number of aliphatic hydroxyl groups excluding tert-OH is 1. The summed E-state index contributed by atoms with van der Waals surface area (Å²) in [5.74, 6) is 5.09. The molecular weight excluding hydrogens is 402 g/mol. The van der Waals surface area contributed by atoms with Crippen LogP contribution < -0.4 is 21.1 Å². The molecule has 1 aromatic carbocycles. The minimum absolute atomic E-state index is 0.0616. The van der Waals surface area contributed by atoms with Gasteiger partial charge in [-0.2, -0.15) is 0 Å². The number of urea groups is 1. The Balaban J connectivity index is 1.62. The van der Waals surface area contributed by atoms with Gasteiger partial charge >= 0.3 is 6.03 Å². The maximum atomic E-state index is 12.9. The summed E-state index contributed by atoms with van der Waals surface area (Å²) in [4.78, 5) is 42.7.